The molecule has 2 aliphatic heterocycles. The van der Waals surface area contributed by atoms with Gasteiger partial charge in [0.2, 0.25) is 0 Å². The zero-order valence-corrected chi connectivity index (χ0v) is 13.2. The number of methoxy groups -OCH3 is 1. The molecule has 1 aromatic carbocycles. The van der Waals surface area contributed by atoms with E-state index >= 15 is 0 Å². The lowest BCUT2D eigenvalue weighted by Gasteiger charge is -2.42. The topological polar surface area (TPSA) is 62.1 Å². The van der Waals surface area contributed by atoms with Crippen molar-refractivity contribution >= 4 is 11.4 Å². The molecular formula is C17H26N4O3. The zero-order valence-electron chi connectivity index (χ0n) is 24.2. The van der Waals surface area contributed by atoms with Crippen LogP contribution < -0.4 is 9.64 Å². The Morgan fingerprint density at radius 3 is 2.58 bits per heavy atom. The van der Waals surface area contributed by atoms with Gasteiger partial charge in [-0.25, -0.2) is 0 Å². The van der Waals surface area contributed by atoms with E-state index in [1.165, 1.54) is 25.3 Å². The average Bonchev–Trinajstić information content (AvgIpc) is 2.71. The van der Waals surface area contributed by atoms with Crippen molar-refractivity contribution in [3.8, 4) is 5.75 Å². The molecule has 0 amide bonds. The van der Waals surface area contributed by atoms with Crippen LogP contribution in [-0.2, 0) is 0 Å². The quantitative estimate of drug-likeness (QED) is 0.613. The molecule has 2 heterocycles. The van der Waals surface area contributed by atoms with Gasteiger partial charge in [0.25, 0.3) is 5.69 Å². The maximum Gasteiger partial charge on any atom is 0.273 e. The van der Waals surface area contributed by atoms with Crippen molar-refractivity contribution in [3.63, 3.8) is 0 Å². The van der Waals surface area contributed by atoms with Crippen LogP contribution in [0.4, 0.5) is 11.4 Å². The molecule has 2 aliphatic rings. The molecule has 0 radical (unpaired) electrons. The van der Waals surface area contributed by atoms with Crippen molar-refractivity contribution in [1.82, 2.24) is 9.80 Å². The first-order chi connectivity index (χ1) is 15.8. The summed E-state index contributed by atoms with van der Waals surface area (Å²) in [7, 11) is 1.35. The molecule has 132 valence electrons. The standard InChI is InChI=1S/C17H26N4O3/c1-18-9-11-19(12-10-18)14-5-7-20(8-6-14)16-4-3-15(21(22)23)13-17(16)24-2/h3-4,13-14H,5-12H2,1-2H3/i1D3,9D2,10D2,11D2,12D2. The van der Waals surface area contributed by atoms with Crippen LogP contribution in [0.15, 0.2) is 18.2 Å². The SMILES string of the molecule is [2H]C([2H])([2H])N1C([2H])([2H])C([2H])([2H])N(C2CCN(c3ccc([N+](=O)[O-])cc3OC)CC2)C([2H])([2H])C1([2H])[2H]. The zero-order chi connectivity index (χ0) is 26.8. The Bertz CT molecular complexity index is 953. The lowest BCUT2D eigenvalue weighted by Crippen LogP contribution is -2.52. The van der Waals surface area contributed by atoms with Crippen molar-refractivity contribution in [1.29, 1.82) is 0 Å². The average molecular weight is 345 g/mol. The van der Waals surface area contributed by atoms with Crippen molar-refractivity contribution in [2.45, 2.75) is 18.9 Å². The Labute approximate surface area is 158 Å². The van der Waals surface area contributed by atoms with E-state index in [4.69, 9.17) is 19.8 Å². The summed E-state index contributed by atoms with van der Waals surface area (Å²) in [6, 6.07) is 3.10. The third-order valence-corrected chi connectivity index (χ3v) is 4.11. The molecule has 0 saturated carbocycles. The summed E-state index contributed by atoms with van der Waals surface area (Å²) in [5.74, 6) is 0.238. The number of rotatable bonds is 4. The largest absolute Gasteiger partial charge is 0.494 e. The summed E-state index contributed by atoms with van der Waals surface area (Å²) in [5, 5.41) is 11.0. The molecule has 7 heteroatoms. The fraction of sp³-hybridized carbons (Fsp3) is 0.647. The summed E-state index contributed by atoms with van der Waals surface area (Å²) in [5.41, 5.74) is 0.360. The van der Waals surface area contributed by atoms with Gasteiger partial charge in [-0.15, -0.1) is 0 Å². The van der Waals surface area contributed by atoms with Crippen LogP contribution in [0, 0.1) is 10.1 Å². The highest BCUT2D eigenvalue weighted by molar-refractivity contribution is 5.62. The van der Waals surface area contributed by atoms with E-state index in [9.17, 15) is 10.1 Å². The molecule has 0 aliphatic carbocycles. The molecule has 0 atom stereocenters. The summed E-state index contributed by atoms with van der Waals surface area (Å²) in [6.45, 7) is -16.2. The first-order valence-corrected chi connectivity index (χ1v) is 7.49. The molecular weight excluding hydrogens is 308 g/mol. The minimum absolute atomic E-state index is 0.0824. The van der Waals surface area contributed by atoms with Crippen LogP contribution in [0.3, 0.4) is 0 Å². The third-order valence-electron chi connectivity index (χ3n) is 4.11. The minimum atomic E-state index is -3.45. The molecule has 0 bridgehead atoms. The molecule has 3 rings (SSSR count). The summed E-state index contributed by atoms with van der Waals surface area (Å²) in [6.07, 6.45) is 0.165. The Balaban J connectivity index is 1.93. The number of piperidine rings is 1. The molecule has 0 spiro atoms. The van der Waals surface area contributed by atoms with E-state index in [1.807, 2.05) is 0 Å². The number of piperazine rings is 1. The van der Waals surface area contributed by atoms with E-state index in [0.717, 1.165) is 0 Å². The first-order valence-electron chi connectivity index (χ1n) is 13.0. The second kappa shape index (κ2) is 7.36. The van der Waals surface area contributed by atoms with Gasteiger partial charge < -0.3 is 14.5 Å². The third kappa shape index (κ3) is 3.62. The van der Waals surface area contributed by atoms with Gasteiger partial charge in [-0.3, -0.25) is 15.0 Å². The maximum absolute atomic E-state index is 11.0. The number of hydrogen-bond donors (Lipinski definition) is 0. The van der Waals surface area contributed by atoms with Gasteiger partial charge in [0, 0.05) is 66.3 Å². The predicted molar refractivity (Wildman–Crippen MR) is 94.0 cm³/mol. The molecule has 24 heavy (non-hydrogen) atoms. The minimum Gasteiger partial charge on any atom is -0.494 e. The number of likely N-dealkylation sites (N-methyl/N-ethyl adjacent to an activating group) is 1. The summed E-state index contributed by atoms with van der Waals surface area (Å²) < 4.78 is 94.6. The number of anilines is 1. The number of non-ortho nitro benzene ring substituents is 1. The molecule has 0 N–H and O–H groups in total. The highest BCUT2D eigenvalue weighted by Gasteiger charge is 2.28. The van der Waals surface area contributed by atoms with Crippen molar-refractivity contribution < 1.29 is 24.7 Å². The molecule has 2 saturated heterocycles. The fourth-order valence-electron chi connectivity index (χ4n) is 2.85. The van der Waals surface area contributed by atoms with E-state index in [2.05, 4.69) is 0 Å². The van der Waals surface area contributed by atoms with Gasteiger partial charge >= 0.3 is 0 Å². The Morgan fingerprint density at radius 2 is 2.00 bits per heavy atom. The van der Waals surface area contributed by atoms with Crippen LogP contribution in [0.2, 0.25) is 0 Å². The molecule has 0 aromatic heterocycles. The van der Waals surface area contributed by atoms with Crippen molar-refractivity contribution in [3.05, 3.63) is 28.3 Å². The van der Waals surface area contributed by atoms with Gasteiger partial charge in [0.05, 0.1) is 23.8 Å². The van der Waals surface area contributed by atoms with Crippen LogP contribution >= 0.6 is 0 Å². The van der Waals surface area contributed by atoms with Gasteiger partial charge in [-0.1, -0.05) is 0 Å². The number of nitro benzene ring substituents is 1. The highest BCUT2D eigenvalue weighted by atomic mass is 16.6. The second-order valence-electron chi connectivity index (χ2n) is 5.48. The number of nitrogens with zero attached hydrogens (tertiary/aromatic N) is 4. The predicted octanol–water partition coefficient (Wildman–Crippen LogP) is 1.82. The molecule has 1 aromatic rings. The highest BCUT2D eigenvalue weighted by Crippen LogP contribution is 2.34. The number of hydrogen-bond acceptors (Lipinski definition) is 6. The van der Waals surface area contributed by atoms with E-state index in [-0.39, 0.29) is 42.3 Å². The second-order valence-corrected chi connectivity index (χ2v) is 5.48. The maximum atomic E-state index is 11.0. The van der Waals surface area contributed by atoms with Gasteiger partial charge in [-0.05, 0) is 25.9 Å². The summed E-state index contributed by atoms with van der Waals surface area (Å²) in [4.78, 5) is 12.4. The van der Waals surface area contributed by atoms with Crippen LogP contribution in [0.5, 0.6) is 5.75 Å². The van der Waals surface area contributed by atoms with E-state index in [1.54, 1.807) is 4.90 Å². The molecule has 0 unspecified atom stereocenters. The number of ether oxygens (including phenoxy) is 1. The first kappa shape index (κ1) is 8.01. The molecule has 2 fully saturated rings. The summed E-state index contributed by atoms with van der Waals surface area (Å²) >= 11 is 0. The van der Waals surface area contributed by atoms with Crippen molar-refractivity contribution in [2.75, 3.05) is 58.1 Å². The van der Waals surface area contributed by atoms with E-state index < -0.39 is 43.9 Å². The number of nitro groups is 1. The lowest BCUT2D eigenvalue weighted by molar-refractivity contribution is -0.384. The van der Waals surface area contributed by atoms with Crippen LogP contribution in [0.1, 0.15) is 27.9 Å². The number of benzene rings is 1. The van der Waals surface area contributed by atoms with Gasteiger partial charge in [0.1, 0.15) is 5.75 Å². The Kier molecular flexibility index (Phi) is 2.46. The molecule has 7 nitrogen and oxygen atoms in total. The smallest absolute Gasteiger partial charge is 0.273 e. The van der Waals surface area contributed by atoms with Gasteiger partial charge in [-0.2, -0.15) is 0 Å². The normalized spacial score (nSPS) is 36.7. The Hall–Kier alpha value is -1.86. The monoisotopic (exact) mass is 345 g/mol. The lowest BCUT2D eigenvalue weighted by atomic mass is 10.0. The van der Waals surface area contributed by atoms with E-state index in [0.29, 0.717) is 10.6 Å². The van der Waals surface area contributed by atoms with Crippen LogP contribution in [-0.4, -0.2) is 73.9 Å². The Morgan fingerprint density at radius 1 is 1.29 bits per heavy atom. The fourth-order valence-corrected chi connectivity index (χ4v) is 2.85. The van der Waals surface area contributed by atoms with Gasteiger partial charge in [0.15, 0.2) is 0 Å². The van der Waals surface area contributed by atoms with Crippen molar-refractivity contribution in [2.24, 2.45) is 0 Å². The van der Waals surface area contributed by atoms with Crippen LogP contribution in [0.25, 0.3) is 0 Å².